The Balaban J connectivity index is 2.19. The van der Waals surface area contributed by atoms with Crippen LogP contribution >= 0.6 is 11.6 Å². The van der Waals surface area contributed by atoms with Crippen LogP contribution in [0, 0.1) is 0 Å². The summed E-state index contributed by atoms with van der Waals surface area (Å²) < 4.78 is 16.3. The molecule has 1 aliphatic heterocycles. The van der Waals surface area contributed by atoms with Crippen LogP contribution in [0.2, 0.25) is 5.02 Å². The zero-order valence-electron chi connectivity index (χ0n) is 15.3. The number of hydrogen-bond acceptors (Lipinski definition) is 4. The van der Waals surface area contributed by atoms with Crippen molar-refractivity contribution in [3.8, 4) is 17.2 Å². The van der Waals surface area contributed by atoms with E-state index >= 15 is 0 Å². The molecule has 3 rings (SSSR count). The van der Waals surface area contributed by atoms with Crippen molar-refractivity contribution in [1.29, 1.82) is 0 Å². The van der Waals surface area contributed by atoms with Crippen LogP contribution in [0.5, 0.6) is 17.2 Å². The molecule has 0 saturated heterocycles. The fourth-order valence-corrected chi connectivity index (χ4v) is 3.69. The van der Waals surface area contributed by atoms with Gasteiger partial charge < -0.3 is 19.1 Å². The van der Waals surface area contributed by atoms with Gasteiger partial charge in [-0.2, -0.15) is 0 Å². The Kier molecular flexibility index (Phi) is 5.28. The van der Waals surface area contributed by atoms with Gasteiger partial charge in [-0.25, -0.2) is 0 Å². The number of methoxy groups -OCH3 is 3. The second kappa shape index (κ2) is 7.46. The average Bonchev–Trinajstić information content (AvgIpc) is 2.66. The number of nitrogens with zero attached hydrogens (tertiary/aromatic N) is 1. The van der Waals surface area contributed by atoms with Gasteiger partial charge in [0.2, 0.25) is 5.91 Å². The highest BCUT2D eigenvalue weighted by Gasteiger charge is 2.32. The van der Waals surface area contributed by atoms with E-state index in [1.165, 1.54) is 0 Å². The molecule has 1 atom stereocenters. The van der Waals surface area contributed by atoms with E-state index in [1.54, 1.807) is 34.3 Å². The maximum atomic E-state index is 12.3. The highest BCUT2D eigenvalue weighted by molar-refractivity contribution is 6.32. The summed E-state index contributed by atoms with van der Waals surface area (Å²) in [6.45, 7) is 2.22. The third-order valence-corrected chi connectivity index (χ3v) is 5.08. The molecule has 0 saturated carbocycles. The van der Waals surface area contributed by atoms with Crippen molar-refractivity contribution in [1.82, 2.24) is 4.90 Å². The first kappa shape index (κ1) is 18.4. The number of carbonyl (C=O) groups is 1. The summed E-state index contributed by atoms with van der Waals surface area (Å²) in [6, 6.07) is 9.32. The van der Waals surface area contributed by atoms with Gasteiger partial charge in [-0.1, -0.05) is 17.7 Å². The molecular weight excluding hydrogens is 354 g/mol. The third kappa shape index (κ3) is 3.19. The van der Waals surface area contributed by atoms with Gasteiger partial charge in [0.15, 0.2) is 11.5 Å². The molecule has 138 valence electrons. The topological polar surface area (TPSA) is 48.0 Å². The Morgan fingerprint density at radius 1 is 1.04 bits per heavy atom. The Hall–Kier alpha value is -2.40. The fraction of sp³-hybridized carbons (Fsp3) is 0.350. The predicted molar refractivity (Wildman–Crippen MR) is 100 cm³/mol. The maximum Gasteiger partial charge on any atom is 0.220 e. The molecule has 1 amide bonds. The van der Waals surface area contributed by atoms with Crippen LogP contribution in [0.3, 0.4) is 0 Å². The van der Waals surface area contributed by atoms with Crippen LogP contribution < -0.4 is 14.2 Å². The smallest absolute Gasteiger partial charge is 0.220 e. The molecule has 0 spiro atoms. The number of carbonyl (C=O) groups excluding carboxylic acids is 1. The van der Waals surface area contributed by atoms with Crippen molar-refractivity contribution in [2.24, 2.45) is 0 Å². The van der Waals surface area contributed by atoms with Gasteiger partial charge in [0.05, 0.1) is 32.4 Å². The molecule has 5 nitrogen and oxygen atoms in total. The van der Waals surface area contributed by atoms with Crippen LogP contribution in [0.1, 0.15) is 29.7 Å². The van der Waals surface area contributed by atoms with Crippen molar-refractivity contribution in [3.63, 3.8) is 0 Å². The molecule has 1 heterocycles. The highest BCUT2D eigenvalue weighted by atomic mass is 35.5. The van der Waals surface area contributed by atoms with Crippen molar-refractivity contribution in [2.45, 2.75) is 19.4 Å². The van der Waals surface area contributed by atoms with E-state index in [2.05, 4.69) is 0 Å². The van der Waals surface area contributed by atoms with Crippen LogP contribution in [0.4, 0.5) is 0 Å². The molecule has 26 heavy (non-hydrogen) atoms. The lowest BCUT2D eigenvalue weighted by atomic mass is 9.87. The van der Waals surface area contributed by atoms with E-state index in [0.717, 1.165) is 23.1 Å². The van der Waals surface area contributed by atoms with Crippen LogP contribution in [0.15, 0.2) is 30.3 Å². The molecule has 0 radical (unpaired) electrons. The molecule has 2 aromatic rings. The largest absolute Gasteiger partial charge is 0.495 e. The molecule has 1 aliphatic rings. The monoisotopic (exact) mass is 375 g/mol. The lowest BCUT2D eigenvalue weighted by Crippen LogP contribution is -2.39. The minimum absolute atomic E-state index is 0.0179. The summed E-state index contributed by atoms with van der Waals surface area (Å²) in [7, 11) is 4.81. The zero-order chi connectivity index (χ0) is 18.8. The molecular formula is C20H22ClNO4. The molecule has 2 aromatic carbocycles. The average molecular weight is 376 g/mol. The van der Waals surface area contributed by atoms with E-state index in [-0.39, 0.29) is 11.9 Å². The number of hydrogen-bond donors (Lipinski definition) is 0. The molecule has 0 fully saturated rings. The van der Waals surface area contributed by atoms with Crippen LogP contribution in [-0.2, 0) is 11.2 Å². The van der Waals surface area contributed by atoms with E-state index in [9.17, 15) is 4.79 Å². The molecule has 0 unspecified atom stereocenters. The second-order valence-corrected chi connectivity index (χ2v) is 6.57. The fourth-order valence-electron chi connectivity index (χ4n) is 3.49. The van der Waals surface area contributed by atoms with Gasteiger partial charge in [-0.15, -0.1) is 0 Å². The molecule has 0 aliphatic carbocycles. The van der Waals surface area contributed by atoms with Crippen molar-refractivity contribution in [2.75, 3.05) is 27.9 Å². The summed E-state index contributed by atoms with van der Waals surface area (Å²) in [5.74, 6) is 1.93. The van der Waals surface area contributed by atoms with Crippen molar-refractivity contribution < 1.29 is 19.0 Å². The van der Waals surface area contributed by atoms with Gasteiger partial charge in [-0.05, 0) is 47.4 Å². The first-order valence-corrected chi connectivity index (χ1v) is 8.73. The van der Waals surface area contributed by atoms with Crippen LogP contribution in [-0.4, -0.2) is 38.7 Å². The number of rotatable bonds is 4. The molecule has 0 bridgehead atoms. The molecule has 6 heteroatoms. The number of fused-ring (bicyclic) bond motifs is 1. The Morgan fingerprint density at radius 2 is 1.69 bits per heavy atom. The summed E-state index contributed by atoms with van der Waals surface area (Å²) >= 11 is 6.18. The summed E-state index contributed by atoms with van der Waals surface area (Å²) in [6.07, 6.45) is 0.760. The Morgan fingerprint density at radius 3 is 2.31 bits per heavy atom. The van der Waals surface area contributed by atoms with E-state index < -0.39 is 0 Å². The minimum Gasteiger partial charge on any atom is -0.495 e. The SMILES string of the molecule is COc1cc([C@H]2c3cc(OC)c(OC)cc3CCN2C(C)=O)ccc1Cl. The van der Waals surface area contributed by atoms with Crippen LogP contribution in [0.25, 0.3) is 0 Å². The van der Waals surface area contributed by atoms with E-state index in [1.807, 2.05) is 29.2 Å². The molecule has 0 N–H and O–H groups in total. The first-order valence-electron chi connectivity index (χ1n) is 8.35. The predicted octanol–water partition coefficient (Wildman–Crippen LogP) is 3.86. The van der Waals surface area contributed by atoms with Crippen molar-refractivity contribution >= 4 is 17.5 Å². The van der Waals surface area contributed by atoms with Gasteiger partial charge in [0.25, 0.3) is 0 Å². The normalized spacial score (nSPS) is 16.0. The van der Waals surface area contributed by atoms with E-state index in [4.69, 9.17) is 25.8 Å². The quantitative estimate of drug-likeness (QED) is 0.814. The highest BCUT2D eigenvalue weighted by Crippen LogP contribution is 2.42. The van der Waals surface area contributed by atoms with E-state index in [0.29, 0.717) is 28.8 Å². The van der Waals surface area contributed by atoms with Gasteiger partial charge in [0, 0.05) is 13.5 Å². The van der Waals surface area contributed by atoms with Crippen molar-refractivity contribution in [3.05, 3.63) is 52.0 Å². The number of amides is 1. The summed E-state index contributed by atoms with van der Waals surface area (Å²) in [4.78, 5) is 14.2. The maximum absolute atomic E-state index is 12.3. The van der Waals surface area contributed by atoms with Gasteiger partial charge in [0.1, 0.15) is 5.75 Å². The minimum atomic E-state index is -0.234. The lowest BCUT2D eigenvalue weighted by molar-refractivity contribution is -0.130. The first-order chi connectivity index (χ1) is 12.5. The third-order valence-electron chi connectivity index (χ3n) is 4.77. The van der Waals surface area contributed by atoms with Gasteiger partial charge in [-0.3, -0.25) is 4.79 Å². The second-order valence-electron chi connectivity index (χ2n) is 6.16. The zero-order valence-corrected chi connectivity index (χ0v) is 16.1. The molecule has 0 aromatic heterocycles. The van der Waals surface area contributed by atoms with Gasteiger partial charge >= 0.3 is 0 Å². The summed E-state index contributed by atoms with van der Waals surface area (Å²) in [5.41, 5.74) is 3.10. The lowest BCUT2D eigenvalue weighted by Gasteiger charge is -2.37. The standard InChI is InChI=1S/C20H22ClNO4/c1-12(23)22-8-7-13-9-18(25-3)19(26-4)11-15(13)20(22)14-5-6-16(21)17(10-14)24-2/h5-6,9-11,20H,7-8H2,1-4H3/t20-/m0/s1. The number of ether oxygens (including phenoxy) is 3. The Bertz CT molecular complexity index is 837. The summed E-state index contributed by atoms with van der Waals surface area (Å²) in [5, 5.41) is 0.536. The Labute approximate surface area is 158 Å². The number of benzene rings is 2. The number of halogens is 1.